The molecule has 0 radical (unpaired) electrons. The lowest BCUT2D eigenvalue weighted by molar-refractivity contribution is -0.245. The Balaban J connectivity index is 1.99. The summed E-state index contributed by atoms with van der Waals surface area (Å²) in [5.41, 5.74) is 0.556. The number of ether oxygens (including phenoxy) is 1. The predicted octanol–water partition coefficient (Wildman–Crippen LogP) is -1.89. The first-order chi connectivity index (χ1) is 11.7. The summed E-state index contributed by atoms with van der Waals surface area (Å²) in [5, 5.41) is 34.8. The summed E-state index contributed by atoms with van der Waals surface area (Å²) >= 11 is 5.63. The molecule has 1 saturated heterocycles. The van der Waals surface area contributed by atoms with Crippen LogP contribution in [0.15, 0.2) is 6.20 Å². The van der Waals surface area contributed by atoms with Crippen LogP contribution in [0.25, 0.3) is 0 Å². The van der Waals surface area contributed by atoms with Crippen molar-refractivity contribution in [3.63, 3.8) is 0 Å². The van der Waals surface area contributed by atoms with Crippen LogP contribution < -0.4 is 10.6 Å². The highest BCUT2D eigenvalue weighted by Crippen LogP contribution is 2.20. The van der Waals surface area contributed by atoms with Gasteiger partial charge in [-0.3, -0.25) is 9.59 Å². The van der Waals surface area contributed by atoms with Gasteiger partial charge >= 0.3 is 0 Å². The van der Waals surface area contributed by atoms with E-state index in [2.05, 4.69) is 20.6 Å². The fourth-order valence-electron chi connectivity index (χ4n) is 2.46. The number of amides is 2. The van der Waals surface area contributed by atoms with Gasteiger partial charge in [0.05, 0.1) is 11.3 Å². The van der Waals surface area contributed by atoms with Crippen molar-refractivity contribution in [1.82, 2.24) is 20.6 Å². The third-order valence-electron chi connectivity index (χ3n) is 3.75. The molecule has 2 rings (SSSR count). The second-order valence-electron chi connectivity index (χ2n) is 5.62. The number of aliphatic hydroxyl groups excluding tert-OH is 3. The topological polar surface area (TPSA) is 154 Å². The Labute approximate surface area is 148 Å². The van der Waals surface area contributed by atoms with Crippen molar-refractivity contribution in [2.75, 3.05) is 6.54 Å². The van der Waals surface area contributed by atoms with Crippen molar-refractivity contribution in [2.45, 2.75) is 44.5 Å². The van der Waals surface area contributed by atoms with Gasteiger partial charge in [0, 0.05) is 19.7 Å². The molecule has 0 unspecified atom stereocenters. The summed E-state index contributed by atoms with van der Waals surface area (Å²) in [6.07, 6.45) is -4.25. The molecule has 2 amide bonds. The Morgan fingerprint density at radius 2 is 2.00 bits per heavy atom. The summed E-state index contributed by atoms with van der Waals surface area (Å²) in [4.78, 5) is 30.8. The minimum atomic E-state index is -1.54. The first-order valence-corrected chi connectivity index (χ1v) is 7.82. The molecule has 1 aliphatic rings. The molecule has 0 bridgehead atoms. The van der Waals surface area contributed by atoms with Crippen LogP contribution in [0.4, 0.5) is 0 Å². The lowest BCUT2D eigenvalue weighted by Gasteiger charge is -2.40. The number of rotatable bonds is 4. The molecular weight excluding hydrogens is 356 g/mol. The van der Waals surface area contributed by atoms with Gasteiger partial charge in [-0.05, 0) is 18.5 Å². The second-order valence-corrected chi connectivity index (χ2v) is 5.96. The predicted molar refractivity (Wildman–Crippen MR) is 84.6 cm³/mol. The second kappa shape index (κ2) is 8.02. The fraction of sp³-hybridized carbons (Fsp3) is 0.571. The maximum absolute atomic E-state index is 12.1. The van der Waals surface area contributed by atoms with E-state index in [-0.39, 0.29) is 17.4 Å². The summed E-state index contributed by atoms with van der Waals surface area (Å²) in [5.74, 6) is -1.03. The number of carbonyl (C=O) groups excluding carboxylic acids is 2. The van der Waals surface area contributed by atoms with Gasteiger partial charge in [-0.1, -0.05) is 0 Å². The van der Waals surface area contributed by atoms with Crippen molar-refractivity contribution in [1.29, 1.82) is 0 Å². The summed E-state index contributed by atoms with van der Waals surface area (Å²) in [6.45, 7) is 2.59. The summed E-state index contributed by atoms with van der Waals surface area (Å²) < 4.78 is 5.18. The minimum absolute atomic E-state index is 0.00958. The molecule has 25 heavy (non-hydrogen) atoms. The normalized spacial score (nSPS) is 29.1. The van der Waals surface area contributed by atoms with E-state index in [1.807, 2.05) is 0 Å². The Hall–Kier alpha value is -1.85. The molecule has 10 nitrogen and oxygen atoms in total. The first kappa shape index (κ1) is 19.5. The van der Waals surface area contributed by atoms with E-state index in [0.717, 1.165) is 0 Å². The highest BCUT2D eigenvalue weighted by molar-refractivity contribution is 6.28. The van der Waals surface area contributed by atoms with Crippen LogP contribution in [-0.2, 0) is 9.53 Å². The number of aromatic nitrogens is 2. The number of hydrogen-bond donors (Lipinski definition) is 5. The molecule has 138 valence electrons. The molecule has 5 atom stereocenters. The number of aryl methyl sites for hydroxylation is 1. The van der Waals surface area contributed by atoms with Gasteiger partial charge in [-0.2, -0.15) is 0 Å². The summed E-state index contributed by atoms with van der Waals surface area (Å²) in [6, 6.07) is -1.17. The van der Waals surface area contributed by atoms with Crippen molar-refractivity contribution >= 4 is 23.4 Å². The number of carbonyl (C=O) groups is 2. The van der Waals surface area contributed by atoms with Crippen LogP contribution in [0, 0.1) is 6.92 Å². The highest BCUT2D eigenvalue weighted by atomic mass is 35.5. The molecule has 0 aromatic carbocycles. The van der Waals surface area contributed by atoms with Crippen LogP contribution in [0.3, 0.4) is 0 Å². The fourth-order valence-corrected chi connectivity index (χ4v) is 2.63. The van der Waals surface area contributed by atoms with E-state index < -0.39 is 42.5 Å². The maximum Gasteiger partial charge on any atom is 0.254 e. The Kier molecular flexibility index (Phi) is 6.25. The average Bonchev–Trinajstić information content (AvgIpc) is 2.53. The van der Waals surface area contributed by atoms with Gasteiger partial charge in [0.25, 0.3) is 5.91 Å². The third kappa shape index (κ3) is 4.61. The average molecular weight is 375 g/mol. The molecule has 1 aromatic rings. The van der Waals surface area contributed by atoms with Gasteiger partial charge in [-0.15, -0.1) is 0 Å². The molecule has 0 spiro atoms. The quantitative estimate of drug-likeness (QED) is 0.383. The van der Waals surface area contributed by atoms with Gasteiger partial charge in [0.15, 0.2) is 6.29 Å². The largest absolute Gasteiger partial charge is 0.388 e. The number of nitrogens with one attached hydrogen (secondary N) is 2. The van der Waals surface area contributed by atoms with Crippen molar-refractivity contribution in [2.24, 2.45) is 0 Å². The van der Waals surface area contributed by atoms with Gasteiger partial charge < -0.3 is 30.7 Å². The van der Waals surface area contributed by atoms with E-state index in [0.29, 0.717) is 5.69 Å². The van der Waals surface area contributed by atoms with Crippen LogP contribution in [0.1, 0.15) is 23.0 Å². The van der Waals surface area contributed by atoms with E-state index in [9.17, 15) is 24.9 Å². The number of aliphatic hydroxyl groups is 3. The first-order valence-electron chi connectivity index (χ1n) is 7.44. The monoisotopic (exact) mass is 374 g/mol. The number of hydrogen-bond acceptors (Lipinski definition) is 8. The Bertz CT molecular complexity index is 660. The van der Waals surface area contributed by atoms with Crippen LogP contribution >= 0.6 is 11.6 Å². The highest BCUT2D eigenvalue weighted by Gasteiger charge is 2.44. The molecule has 11 heteroatoms. The Morgan fingerprint density at radius 1 is 1.32 bits per heavy atom. The van der Waals surface area contributed by atoms with E-state index in [1.165, 1.54) is 13.1 Å². The lowest BCUT2D eigenvalue weighted by Crippen LogP contribution is -2.64. The maximum atomic E-state index is 12.1. The SMILES string of the molecule is CC(=O)N[C@@H]1[C@@H](O)[C@@H](O)[C@@H](CNC(=O)c2cnc(Cl)nc2C)O[C@H]1O. The molecule has 5 N–H and O–H groups in total. The van der Waals surface area contributed by atoms with E-state index in [1.54, 1.807) is 6.92 Å². The van der Waals surface area contributed by atoms with Crippen LogP contribution in [-0.4, -0.2) is 74.3 Å². The van der Waals surface area contributed by atoms with Gasteiger partial charge in [0.1, 0.15) is 24.4 Å². The molecule has 2 heterocycles. The molecule has 1 aromatic heterocycles. The van der Waals surface area contributed by atoms with Crippen LogP contribution in [0.5, 0.6) is 0 Å². The van der Waals surface area contributed by atoms with Crippen molar-refractivity contribution in [3.8, 4) is 0 Å². The van der Waals surface area contributed by atoms with Crippen molar-refractivity contribution < 1.29 is 29.6 Å². The zero-order valence-electron chi connectivity index (χ0n) is 13.5. The van der Waals surface area contributed by atoms with E-state index in [4.69, 9.17) is 16.3 Å². The molecule has 1 fully saturated rings. The number of halogens is 1. The molecular formula is C14H19ClN4O6. The standard InChI is InChI=1S/C14H19ClN4O6/c1-5-7(3-17-14(15)18-5)12(23)16-4-8-10(21)11(22)9(13(24)25-8)19-6(2)20/h3,8-11,13,21-22,24H,4H2,1-2H3,(H,16,23)(H,19,20)/t8-,9-,10+,11-,13-/m1/s1. The van der Waals surface area contributed by atoms with Gasteiger partial charge in [0.2, 0.25) is 11.2 Å². The van der Waals surface area contributed by atoms with Crippen LogP contribution in [0.2, 0.25) is 5.28 Å². The van der Waals surface area contributed by atoms with E-state index >= 15 is 0 Å². The smallest absolute Gasteiger partial charge is 0.254 e. The summed E-state index contributed by atoms with van der Waals surface area (Å²) in [7, 11) is 0. The van der Waals surface area contributed by atoms with Gasteiger partial charge in [-0.25, -0.2) is 9.97 Å². The van der Waals surface area contributed by atoms with Crippen molar-refractivity contribution in [3.05, 3.63) is 22.7 Å². The number of nitrogens with zero attached hydrogens (tertiary/aromatic N) is 2. The zero-order valence-corrected chi connectivity index (χ0v) is 14.3. The molecule has 1 aliphatic heterocycles. The molecule has 0 aliphatic carbocycles. The third-order valence-corrected chi connectivity index (χ3v) is 3.93. The Morgan fingerprint density at radius 3 is 2.60 bits per heavy atom. The minimum Gasteiger partial charge on any atom is -0.388 e. The lowest BCUT2D eigenvalue weighted by atomic mass is 9.96. The zero-order chi connectivity index (χ0) is 18.7. The molecule has 0 saturated carbocycles.